The molecule has 2 aromatic rings. The number of aldehydes is 1. The molecule has 0 aliphatic rings. The summed E-state index contributed by atoms with van der Waals surface area (Å²) in [6.07, 6.45) is 0.458. The van der Waals surface area contributed by atoms with Crippen LogP contribution in [0.5, 0.6) is 0 Å². The second-order valence-electron chi connectivity index (χ2n) is 3.34. The van der Waals surface area contributed by atoms with E-state index < -0.39 is 17.2 Å². The molecule has 5 heteroatoms. The van der Waals surface area contributed by atoms with Crippen molar-refractivity contribution in [2.45, 2.75) is 6.42 Å². The zero-order valence-electron chi connectivity index (χ0n) is 8.09. The van der Waals surface area contributed by atoms with Gasteiger partial charge in [0.2, 0.25) is 0 Å². The number of fused-ring (bicyclic) bond motifs is 1. The molecule has 82 valence electrons. The van der Waals surface area contributed by atoms with E-state index in [-0.39, 0.29) is 22.9 Å². The highest BCUT2D eigenvalue weighted by Crippen LogP contribution is 2.17. The minimum atomic E-state index is -0.765. The first-order chi connectivity index (χ1) is 7.61. The van der Waals surface area contributed by atoms with Crippen LogP contribution in [0.25, 0.3) is 10.9 Å². The Balaban J connectivity index is 2.79. The zero-order valence-corrected chi connectivity index (χ0v) is 8.09. The number of rotatable bonds is 2. The van der Waals surface area contributed by atoms with Crippen LogP contribution in [0.4, 0.5) is 8.78 Å². The van der Waals surface area contributed by atoms with Gasteiger partial charge in [0.15, 0.2) is 0 Å². The summed E-state index contributed by atoms with van der Waals surface area (Å²) in [5.41, 5.74) is -0.269. The van der Waals surface area contributed by atoms with Crippen LogP contribution >= 0.6 is 0 Å². The smallest absolute Gasteiger partial charge is 0.252 e. The van der Waals surface area contributed by atoms with Crippen LogP contribution in [0.1, 0.15) is 5.56 Å². The van der Waals surface area contributed by atoms with Crippen LogP contribution in [0.2, 0.25) is 0 Å². The molecule has 0 aliphatic heterocycles. The molecule has 0 amide bonds. The third kappa shape index (κ3) is 1.71. The number of nitrogens with one attached hydrogen (secondary N) is 1. The number of carbonyl (C=O) groups excluding carboxylic acids is 1. The Kier molecular flexibility index (Phi) is 2.52. The number of H-pyrrole nitrogens is 1. The third-order valence-electron chi connectivity index (χ3n) is 2.26. The molecule has 0 bridgehead atoms. The number of hydrogen-bond acceptors (Lipinski definition) is 2. The van der Waals surface area contributed by atoms with Crippen molar-refractivity contribution in [2.75, 3.05) is 0 Å². The van der Waals surface area contributed by atoms with Crippen LogP contribution in [0, 0.1) is 11.6 Å². The first kappa shape index (κ1) is 10.5. The van der Waals surface area contributed by atoms with E-state index in [1.807, 2.05) is 0 Å². The fraction of sp³-hybridized carbons (Fsp3) is 0.0909. The third-order valence-corrected chi connectivity index (χ3v) is 2.26. The summed E-state index contributed by atoms with van der Waals surface area (Å²) >= 11 is 0. The predicted molar refractivity (Wildman–Crippen MR) is 54.3 cm³/mol. The molecule has 3 nitrogen and oxygen atoms in total. The van der Waals surface area contributed by atoms with Gasteiger partial charge in [0, 0.05) is 23.4 Å². The quantitative estimate of drug-likeness (QED) is 0.785. The van der Waals surface area contributed by atoms with Crippen molar-refractivity contribution in [2.24, 2.45) is 0 Å². The molecule has 0 fully saturated rings. The van der Waals surface area contributed by atoms with Gasteiger partial charge in [-0.3, -0.25) is 4.79 Å². The summed E-state index contributed by atoms with van der Waals surface area (Å²) in [6.45, 7) is 0. The minimum absolute atomic E-state index is 0.0807. The topological polar surface area (TPSA) is 49.9 Å². The first-order valence-corrected chi connectivity index (χ1v) is 4.56. The summed E-state index contributed by atoms with van der Waals surface area (Å²) < 4.78 is 26.2. The van der Waals surface area contributed by atoms with E-state index in [1.54, 1.807) is 0 Å². The van der Waals surface area contributed by atoms with Crippen molar-refractivity contribution in [3.05, 3.63) is 45.8 Å². The molecule has 1 heterocycles. The lowest BCUT2D eigenvalue weighted by Gasteiger charge is -2.02. The molecule has 0 saturated carbocycles. The van der Waals surface area contributed by atoms with Crippen molar-refractivity contribution in [3.8, 4) is 0 Å². The van der Waals surface area contributed by atoms with E-state index in [0.717, 1.165) is 12.1 Å². The molecule has 0 radical (unpaired) electrons. The Hall–Kier alpha value is -2.04. The van der Waals surface area contributed by atoms with Crippen LogP contribution in [0.15, 0.2) is 23.0 Å². The van der Waals surface area contributed by atoms with Gasteiger partial charge < -0.3 is 9.78 Å². The molecule has 0 aliphatic carbocycles. The molecule has 0 atom stereocenters. The second kappa shape index (κ2) is 3.84. The number of aromatic amines is 1. The molecule has 0 spiro atoms. The van der Waals surface area contributed by atoms with Gasteiger partial charge in [0.25, 0.3) is 5.56 Å². The number of carbonyl (C=O) groups is 1. The maximum Gasteiger partial charge on any atom is 0.252 e. The molecule has 16 heavy (non-hydrogen) atoms. The van der Waals surface area contributed by atoms with E-state index in [0.29, 0.717) is 6.29 Å². The van der Waals surface area contributed by atoms with Gasteiger partial charge in [-0.05, 0) is 12.1 Å². The normalized spacial score (nSPS) is 10.6. The molecule has 1 aromatic heterocycles. The lowest BCUT2D eigenvalue weighted by molar-refractivity contribution is -0.107. The fourth-order valence-electron chi connectivity index (χ4n) is 1.52. The van der Waals surface area contributed by atoms with Crippen molar-refractivity contribution < 1.29 is 13.6 Å². The van der Waals surface area contributed by atoms with Gasteiger partial charge in [-0.15, -0.1) is 0 Å². The molecule has 0 unspecified atom stereocenters. The lowest BCUT2D eigenvalue weighted by Crippen LogP contribution is -2.13. The molecule has 1 N–H and O–H groups in total. The average molecular weight is 223 g/mol. The van der Waals surface area contributed by atoms with E-state index in [1.165, 1.54) is 6.07 Å². The van der Waals surface area contributed by atoms with Crippen molar-refractivity contribution in [1.29, 1.82) is 0 Å². The van der Waals surface area contributed by atoms with Gasteiger partial charge in [-0.1, -0.05) is 0 Å². The monoisotopic (exact) mass is 223 g/mol. The minimum Gasteiger partial charge on any atom is -0.321 e. The Morgan fingerprint density at radius 3 is 2.69 bits per heavy atom. The Morgan fingerprint density at radius 1 is 1.25 bits per heavy atom. The Labute approximate surface area is 88.7 Å². The first-order valence-electron chi connectivity index (χ1n) is 4.56. The zero-order chi connectivity index (χ0) is 11.7. The highest BCUT2D eigenvalue weighted by atomic mass is 19.1. The molecular weight excluding hydrogens is 216 g/mol. The molecule has 1 aromatic carbocycles. The summed E-state index contributed by atoms with van der Waals surface area (Å²) in [4.78, 5) is 24.0. The fourth-order valence-corrected chi connectivity index (χ4v) is 1.52. The van der Waals surface area contributed by atoms with Gasteiger partial charge >= 0.3 is 0 Å². The summed E-state index contributed by atoms with van der Waals surface area (Å²) in [5.74, 6) is -1.53. The maximum atomic E-state index is 13.3. The average Bonchev–Trinajstić information content (AvgIpc) is 2.20. The molecular formula is C11H7F2NO2. The summed E-state index contributed by atoms with van der Waals surface area (Å²) in [5, 5.41) is 0.0952. The summed E-state index contributed by atoms with van der Waals surface area (Å²) in [6, 6.07) is 3.02. The standard InChI is InChI=1S/C11H7F2NO2/c12-7-4-9(13)8-3-6(1-2-15)11(16)14-10(8)5-7/h2-5H,1H2,(H,14,16). The van der Waals surface area contributed by atoms with E-state index in [2.05, 4.69) is 4.98 Å². The SMILES string of the molecule is O=CCc1cc2c(F)cc(F)cc2[nH]c1=O. The van der Waals surface area contributed by atoms with Crippen LogP contribution < -0.4 is 5.56 Å². The number of hydrogen-bond donors (Lipinski definition) is 1. The van der Waals surface area contributed by atoms with Crippen molar-refractivity contribution in [3.63, 3.8) is 0 Å². The number of benzene rings is 1. The number of aromatic nitrogens is 1. The predicted octanol–water partition coefficient (Wildman–Crippen LogP) is 1.55. The van der Waals surface area contributed by atoms with Crippen LogP contribution in [-0.4, -0.2) is 11.3 Å². The van der Waals surface area contributed by atoms with Gasteiger partial charge in [-0.25, -0.2) is 8.78 Å². The van der Waals surface area contributed by atoms with Gasteiger partial charge in [-0.2, -0.15) is 0 Å². The van der Waals surface area contributed by atoms with Crippen molar-refractivity contribution in [1.82, 2.24) is 4.98 Å². The largest absolute Gasteiger partial charge is 0.321 e. The number of halogens is 2. The summed E-state index contributed by atoms with van der Waals surface area (Å²) in [7, 11) is 0. The Morgan fingerprint density at radius 2 is 2.00 bits per heavy atom. The number of pyridine rings is 1. The highest BCUT2D eigenvalue weighted by Gasteiger charge is 2.08. The van der Waals surface area contributed by atoms with Gasteiger partial charge in [0.05, 0.1) is 5.52 Å². The van der Waals surface area contributed by atoms with Gasteiger partial charge in [0.1, 0.15) is 17.9 Å². The van der Waals surface area contributed by atoms with Crippen molar-refractivity contribution >= 4 is 17.2 Å². The van der Waals surface area contributed by atoms with E-state index >= 15 is 0 Å². The van der Waals surface area contributed by atoms with Crippen LogP contribution in [-0.2, 0) is 11.2 Å². The van der Waals surface area contributed by atoms with E-state index in [9.17, 15) is 18.4 Å². The lowest BCUT2D eigenvalue weighted by atomic mass is 10.1. The molecule has 2 rings (SSSR count). The second-order valence-corrected chi connectivity index (χ2v) is 3.34. The molecule has 0 saturated heterocycles. The Bertz CT molecular complexity index is 619. The van der Waals surface area contributed by atoms with Crippen LogP contribution in [0.3, 0.4) is 0 Å². The van der Waals surface area contributed by atoms with E-state index in [4.69, 9.17) is 0 Å². The highest BCUT2D eigenvalue weighted by molar-refractivity contribution is 5.80. The maximum absolute atomic E-state index is 13.3.